The Balaban J connectivity index is 2.63. The van der Waals surface area contributed by atoms with Gasteiger partial charge in [-0.2, -0.15) is 0 Å². The van der Waals surface area contributed by atoms with Crippen molar-refractivity contribution < 1.29 is 0 Å². The van der Waals surface area contributed by atoms with Crippen LogP contribution in [0.25, 0.3) is 6.08 Å². The lowest BCUT2D eigenvalue weighted by molar-refractivity contribution is 0.663. The van der Waals surface area contributed by atoms with Crippen molar-refractivity contribution in [2.24, 2.45) is 0 Å². The van der Waals surface area contributed by atoms with Gasteiger partial charge in [-0.25, -0.2) is 0 Å². The second-order valence-corrected chi connectivity index (χ2v) is 5.03. The Morgan fingerprint density at radius 2 is 2.21 bits per heavy atom. The molecule has 0 aliphatic carbocycles. The third-order valence-corrected chi connectivity index (χ3v) is 3.15. The van der Waals surface area contributed by atoms with Gasteiger partial charge >= 0.3 is 0 Å². The second kappa shape index (κ2) is 5.32. The third-order valence-electron chi connectivity index (χ3n) is 2.17. The third kappa shape index (κ3) is 3.28. The molecule has 2 heteroatoms. The summed E-state index contributed by atoms with van der Waals surface area (Å²) >= 11 is 1.86. The molecule has 14 heavy (non-hydrogen) atoms. The molecular weight excluding hydrogens is 190 g/mol. The van der Waals surface area contributed by atoms with E-state index in [1.807, 2.05) is 11.3 Å². The van der Waals surface area contributed by atoms with Crippen LogP contribution in [0.15, 0.2) is 12.1 Å². The fourth-order valence-corrected chi connectivity index (χ4v) is 2.37. The first-order valence-electron chi connectivity index (χ1n) is 5.12. The molecule has 0 amide bonds. The van der Waals surface area contributed by atoms with Gasteiger partial charge in [0.15, 0.2) is 0 Å². The molecule has 0 radical (unpaired) electrons. The molecule has 0 spiro atoms. The van der Waals surface area contributed by atoms with Gasteiger partial charge in [-0.15, -0.1) is 11.3 Å². The lowest BCUT2D eigenvalue weighted by atomic mass is 10.2. The average Bonchev–Trinajstić information content (AvgIpc) is 2.42. The zero-order chi connectivity index (χ0) is 10.6. The molecule has 1 heterocycles. The van der Waals surface area contributed by atoms with Crippen LogP contribution < -0.4 is 5.32 Å². The van der Waals surface area contributed by atoms with E-state index >= 15 is 0 Å². The molecular formula is C12H19NS. The van der Waals surface area contributed by atoms with Crippen LogP contribution in [0.2, 0.25) is 0 Å². The number of aryl methyl sites for hydroxylation is 2. The molecule has 0 fully saturated rings. The Bertz CT molecular complexity index is 312. The van der Waals surface area contributed by atoms with Crippen LogP contribution in [0.1, 0.15) is 29.2 Å². The minimum absolute atomic E-state index is 0.458. The maximum Gasteiger partial charge on any atom is 0.0224 e. The molecule has 1 aromatic rings. The molecule has 1 N–H and O–H groups in total. The normalized spacial score (nSPS) is 13.7. The fourth-order valence-electron chi connectivity index (χ4n) is 1.45. The summed E-state index contributed by atoms with van der Waals surface area (Å²) in [6.45, 7) is 9.66. The summed E-state index contributed by atoms with van der Waals surface area (Å²) in [7, 11) is 0. The van der Waals surface area contributed by atoms with E-state index in [0.29, 0.717) is 6.04 Å². The summed E-state index contributed by atoms with van der Waals surface area (Å²) in [6.07, 6.45) is 4.43. The molecule has 1 atom stereocenters. The van der Waals surface area contributed by atoms with E-state index in [1.54, 1.807) is 0 Å². The molecule has 78 valence electrons. The first-order chi connectivity index (χ1) is 6.63. The van der Waals surface area contributed by atoms with Crippen LogP contribution in [0, 0.1) is 13.8 Å². The van der Waals surface area contributed by atoms with Crippen molar-refractivity contribution in [1.82, 2.24) is 5.32 Å². The van der Waals surface area contributed by atoms with E-state index in [2.05, 4.69) is 51.2 Å². The Hall–Kier alpha value is -0.600. The maximum absolute atomic E-state index is 3.36. The number of nitrogens with one attached hydrogen (secondary N) is 1. The summed E-state index contributed by atoms with van der Waals surface area (Å²) in [6, 6.07) is 2.70. The number of rotatable bonds is 4. The van der Waals surface area contributed by atoms with Crippen molar-refractivity contribution in [3.8, 4) is 0 Å². The topological polar surface area (TPSA) is 12.0 Å². The van der Waals surface area contributed by atoms with Gasteiger partial charge in [-0.05, 0) is 38.9 Å². The smallest absolute Gasteiger partial charge is 0.0224 e. The predicted molar refractivity (Wildman–Crippen MR) is 66.0 cm³/mol. The van der Waals surface area contributed by atoms with E-state index in [1.165, 1.54) is 15.3 Å². The van der Waals surface area contributed by atoms with Crippen molar-refractivity contribution in [3.05, 3.63) is 27.5 Å². The van der Waals surface area contributed by atoms with Crippen molar-refractivity contribution in [3.63, 3.8) is 0 Å². The molecule has 0 aliphatic rings. The zero-order valence-electron chi connectivity index (χ0n) is 9.42. The Kier molecular flexibility index (Phi) is 4.36. The SMILES string of the molecule is CCNC(C)/C=C/c1cc(C)sc1C. The summed E-state index contributed by atoms with van der Waals surface area (Å²) in [5, 5.41) is 3.36. The largest absolute Gasteiger partial charge is 0.311 e. The Labute approximate surface area is 90.9 Å². The molecule has 0 saturated heterocycles. The number of likely N-dealkylation sites (N-methyl/N-ethyl adjacent to an activating group) is 1. The van der Waals surface area contributed by atoms with Gasteiger partial charge in [0, 0.05) is 15.8 Å². The van der Waals surface area contributed by atoms with Crippen LogP contribution in [0.4, 0.5) is 0 Å². The van der Waals surface area contributed by atoms with Gasteiger partial charge in [-0.1, -0.05) is 19.1 Å². The van der Waals surface area contributed by atoms with Gasteiger partial charge in [0.2, 0.25) is 0 Å². The molecule has 0 aromatic carbocycles. The van der Waals surface area contributed by atoms with Crippen LogP contribution in [-0.4, -0.2) is 12.6 Å². The van der Waals surface area contributed by atoms with Crippen molar-refractivity contribution in [1.29, 1.82) is 0 Å². The predicted octanol–water partition coefficient (Wildman–Crippen LogP) is 3.38. The number of thiophene rings is 1. The first kappa shape index (κ1) is 11.5. The highest BCUT2D eigenvalue weighted by molar-refractivity contribution is 7.12. The summed E-state index contributed by atoms with van der Waals surface area (Å²) < 4.78 is 0. The molecule has 1 nitrogen and oxygen atoms in total. The van der Waals surface area contributed by atoms with Crippen LogP contribution in [0.3, 0.4) is 0 Å². The van der Waals surface area contributed by atoms with E-state index in [9.17, 15) is 0 Å². The minimum atomic E-state index is 0.458. The monoisotopic (exact) mass is 209 g/mol. The molecule has 0 saturated carbocycles. The van der Waals surface area contributed by atoms with E-state index in [-0.39, 0.29) is 0 Å². The Morgan fingerprint density at radius 3 is 2.71 bits per heavy atom. The highest BCUT2D eigenvalue weighted by Crippen LogP contribution is 2.21. The summed E-state index contributed by atoms with van der Waals surface area (Å²) in [5.41, 5.74) is 1.36. The first-order valence-corrected chi connectivity index (χ1v) is 5.93. The summed E-state index contributed by atoms with van der Waals surface area (Å²) in [5.74, 6) is 0. The molecule has 1 unspecified atom stereocenters. The quantitative estimate of drug-likeness (QED) is 0.801. The molecule has 1 aromatic heterocycles. The average molecular weight is 209 g/mol. The summed E-state index contributed by atoms with van der Waals surface area (Å²) in [4.78, 5) is 2.79. The van der Waals surface area contributed by atoms with Gasteiger partial charge in [0.1, 0.15) is 0 Å². The molecule has 0 bridgehead atoms. The van der Waals surface area contributed by atoms with Crippen molar-refractivity contribution >= 4 is 17.4 Å². The lowest BCUT2D eigenvalue weighted by Crippen LogP contribution is -2.22. The highest BCUT2D eigenvalue weighted by atomic mass is 32.1. The molecule has 1 rings (SSSR count). The fraction of sp³-hybridized carbons (Fsp3) is 0.500. The van der Waals surface area contributed by atoms with Crippen molar-refractivity contribution in [2.75, 3.05) is 6.54 Å². The van der Waals surface area contributed by atoms with Crippen LogP contribution in [-0.2, 0) is 0 Å². The zero-order valence-corrected chi connectivity index (χ0v) is 10.2. The number of hydrogen-bond acceptors (Lipinski definition) is 2. The standard InChI is InChI=1S/C12H19NS/c1-5-13-9(2)6-7-12-8-10(3)14-11(12)4/h6-9,13H,5H2,1-4H3/b7-6+. The van der Waals surface area contributed by atoms with Gasteiger partial charge in [0.25, 0.3) is 0 Å². The van der Waals surface area contributed by atoms with E-state index in [4.69, 9.17) is 0 Å². The van der Waals surface area contributed by atoms with E-state index < -0.39 is 0 Å². The van der Waals surface area contributed by atoms with Crippen LogP contribution >= 0.6 is 11.3 Å². The van der Waals surface area contributed by atoms with Gasteiger partial charge in [0.05, 0.1) is 0 Å². The Morgan fingerprint density at radius 1 is 1.50 bits per heavy atom. The second-order valence-electron chi connectivity index (χ2n) is 3.57. The van der Waals surface area contributed by atoms with Gasteiger partial charge < -0.3 is 5.32 Å². The molecule has 0 aliphatic heterocycles. The minimum Gasteiger partial charge on any atom is -0.311 e. The highest BCUT2D eigenvalue weighted by Gasteiger charge is 1.99. The van der Waals surface area contributed by atoms with Gasteiger partial charge in [-0.3, -0.25) is 0 Å². The maximum atomic E-state index is 3.36. The van der Waals surface area contributed by atoms with E-state index in [0.717, 1.165) is 6.54 Å². The van der Waals surface area contributed by atoms with Crippen LogP contribution in [0.5, 0.6) is 0 Å². The number of hydrogen-bond donors (Lipinski definition) is 1. The lowest BCUT2D eigenvalue weighted by Gasteiger charge is -2.05. The van der Waals surface area contributed by atoms with Crippen molar-refractivity contribution in [2.45, 2.75) is 33.7 Å².